The molecular weight excluding hydrogens is 530 g/mol. The Kier molecular flexibility index (Phi) is 9.38. The van der Waals surface area contributed by atoms with Gasteiger partial charge in [0.2, 0.25) is 17.7 Å². The Hall–Kier alpha value is -2.97. The number of aliphatic hydroxyl groups excluding tert-OH is 1. The van der Waals surface area contributed by atoms with E-state index in [-0.39, 0.29) is 30.2 Å². The Morgan fingerprint density at radius 3 is 2.36 bits per heavy atom. The third kappa shape index (κ3) is 5.44. The summed E-state index contributed by atoms with van der Waals surface area (Å²) in [6.45, 7) is 19.3. The van der Waals surface area contributed by atoms with Crippen LogP contribution in [-0.4, -0.2) is 86.6 Å². The van der Waals surface area contributed by atoms with Crippen molar-refractivity contribution in [2.45, 2.75) is 89.6 Å². The van der Waals surface area contributed by atoms with Gasteiger partial charge in [-0.3, -0.25) is 14.4 Å². The summed E-state index contributed by atoms with van der Waals surface area (Å²) in [6, 6.07) is 8.96. The van der Waals surface area contributed by atoms with Crippen molar-refractivity contribution in [1.29, 1.82) is 0 Å². The molecule has 4 rings (SSSR count). The first-order valence-electron chi connectivity index (χ1n) is 15.3. The third-order valence-electron chi connectivity index (χ3n) is 9.64. The molecule has 230 valence electrons. The number of fused-ring (bicyclic) bond motifs is 1. The zero-order chi connectivity index (χ0) is 30.9. The number of benzene rings is 1. The molecule has 42 heavy (non-hydrogen) atoms. The molecule has 0 aliphatic carbocycles. The SMILES string of the molecule is C=CCN(Cc1ccccc1)C(=O)[C@@H]1[C@H]2C(=O)N(CCCCCO)C(C(=O)N(CC=C)C(C)(C)C)C23CC(C)[C@@]1(C)O3. The predicted molar refractivity (Wildman–Crippen MR) is 163 cm³/mol. The lowest BCUT2D eigenvalue weighted by Crippen LogP contribution is -2.60. The van der Waals surface area contributed by atoms with E-state index in [0.717, 1.165) is 12.0 Å². The molecule has 1 aromatic carbocycles. The summed E-state index contributed by atoms with van der Waals surface area (Å²) in [5, 5.41) is 9.32. The van der Waals surface area contributed by atoms with E-state index in [0.29, 0.717) is 45.4 Å². The number of hydrogen-bond acceptors (Lipinski definition) is 5. The number of carbonyl (C=O) groups excluding carboxylic acids is 3. The second-order valence-electron chi connectivity index (χ2n) is 13.4. The summed E-state index contributed by atoms with van der Waals surface area (Å²) in [6.07, 6.45) is 5.96. The molecular formula is C34H49N3O5. The fourth-order valence-corrected chi connectivity index (χ4v) is 7.57. The van der Waals surface area contributed by atoms with E-state index < -0.39 is 34.6 Å². The fraction of sp³-hybridized carbons (Fsp3) is 0.618. The molecule has 6 atom stereocenters. The van der Waals surface area contributed by atoms with Crippen LogP contribution in [0.4, 0.5) is 0 Å². The van der Waals surface area contributed by atoms with Crippen LogP contribution in [-0.2, 0) is 25.7 Å². The molecule has 3 fully saturated rings. The topological polar surface area (TPSA) is 90.4 Å². The fourth-order valence-electron chi connectivity index (χ4n) is 7.57. The van der Waals surface area contributed by atoms with Crippen LogP contribution in [0.2, 0.25) is 0 Å². The van der Waals surface area contributed by atoms with E-state index in [2.05, 4.69) is 20.1 Å². The largest absolute Gasteiger partial charge is 0.396 e. The maximum Gasteiger partial charge on any atom is 0.249 e. The standard InChI is InChI=1S/C34H49N3O5/c1-8-18-35(23-25-16-12-10-13-17-25)29(39)26-27-30(40)36(20-14-11-15-21-38)28(31(41)37(19-9-2)32(4,5)6)34(27)22-24(3)33(26,7)42-34/h8-10,12-13,16-17,24,26-28,38H,1-2,11,14-15,18-23H2,3-7H3/t24?,26-,27-,28?,33+,34?/m0/s1. The zero-order valence-electron chi connectivity index (χ0n) is 26.1. The summed E-state index contributed by atoms with van der Waals surface area (Å²) >= 11 is 0. The van der Waals surface area contributed by atoms with E-state index in [9.17, 15) is 19.5 Å². The predicted octanol–water partition coefficient (Wildman–Crippen LogP) is 4.19. The molecule has 1 spiro atoms. The molecule has 3 amide bonds. The molecule has 3 heterocycles. The van der Waals surface area contributed by atoms with Crippen LogP contribution < -0.4 is 0 Å². The Balaban J connectivity index is 1.78. The van der Waals surface area contributed by atoms with Gasteiger partial charge < -0.3 is 24.5 Å². The molecule has 0 saturated carbocycles. The highest BCUT2D eigenvalue weighted by molar-refractivity contribution is 5.99. The lowest BCUT2D eigenvalue weighted by atomic mass is 9.62. The van der Waals surface area contributed by atoms with E-state index >= 15 is 0 Å². The Bertz CT molecular complexity index is 1180. The van der Waals surface area contributed by atoms with Gasteiger partial charge >= 0.3 is 0 Å². The van der Waals surface area contributed by atoms with Crippen molar-refractivity contribution < 1.29 is 24.2 Å². The van der Waals surface area contributed by atoms with E-state index in [4.69, 9.17) is 4.74 Å². The van der Waals surface area contributed by atoms with E-state index in [1.165, 1.54) is 0 Å². The van der Waals surface area contributed by atoms with Crippen LogP contribution in [0.3, 0.4) is 0 Å². The summed E-state index contributed by atoms with van der Waals surface area (Å²) in [5.74, 6) is -2.01. The lowest BCUT2D eigenvalue weighted by molar-refractivity contribution is -0.157. The van der Waals surface area contributed by atoms with Gasteiger partial charge in [0.05, 0.1) is 17.4 Å². The van der Waals surface area contributed by atoms with E-state index in [1.54, 1.807) is 26.9 Å². The molecule has 3 saturated heterocycles. The van der Waals surface area contributed by atoms with Crippen LogP contribution in [0.1, 0.15) is 65.9 Å². The third-order valence-corrected chi connectivity index (χ3v) is 9.64. The van der Waals surface area contributed by atoms with Gasteiger partial charge in [-0.25, -0.2) is 0 Å². The molecule has 2 bridgehead atoms. The van der Waals surface area contributed by atoms with Crippen molar-refractivity contribution in [3.05, 3.63) is 61.2 Å². The summed E-state index contributed by atoms with van der Waals surface area (Å²) < 4.78 is 6.95. The van der Waals surface area contributed by atoms with Gasteiger partial charge in [-0.15, -0.1) is 13.2 Å². The molecule has 1 aromatic rings. The van der Waals surface area contributed by atoms with Crippen LogP contribution in [0.15, 0.2) is 55.6 Å². The van der Waals surface area contributed by atoms with Crippen molar-refractivity contribution in [3.8, 4) is 0 Å². The first-order chi connectivity index (χ1) is 19.9. The first-order valence-corrected chi connectivity index (χ1v) is 15.3. The molecule has 8 nitrogen and oxygen atoms in total. The Morgan fingerprint density at radius 1 is 1.10 bits per heavy atom. The average Bonchev–Trinajstić information content (AvgIpc) is 3.45. The quantitative estimate of drug-likeness (QED) is 0.280. The second-order valence-corrected chi connectivity index (χ2v) is 13.4. The van der Waals surface area contributed by atoms with Crippen molar-refractivity contribution in [2.75, 3.05) is 26.2 Å². The molecule has 3 unspecified atom stereocenters. The van der Waals surface area contributed by atoms with Gasteiger partial charge in [0.1, 0.15) is 11.6 Å². The van der Waals surface area contributed by atoms with Gasteiger partial charge in [-0.2, -0.15) is 0 Å². The molecule has 0 aromatic heterocycles. The lowest BCUT2D eigenvalue weighted by Gasteiger charge is -2.42. The van der Waals surface area contributed by atoms with Crippen molar-refractivity contribution in [2.24, 2.45) is 17.8 Å². The number of unbranched alkanes of at least 4 members (excludes halogenated alkanes) is 2. The van der Waals surface area contributed by atoms with Crippen LogP contribution in [0.25, 0.3) is 0 Å². The van der Waals surface area contributed by atoms with Crippen LogP contribution in [0, 0.1) is 17.8 Å². The first kappa shape index (κ1) is 32.0. The second kappa shape index (κ2) is 12.3. The average molecular weight is 580 g/mol. The van der Waals surface area contributed by atoms with Gasteiger partial charge in [-0.05, 0) is 64.9 Å². The number of amides is 3. The monoisotopic (exact) mass is 579 g/mol. The molecule has 8 heteroatoms. The van der Waals surface area contributed by atoms with E-state index in [1.807, 2.05) is 58.0 Å². The highest BCUT2D eigenvalue weighted by Crippen LogP contribution is 2.65. The number of nitrogens with zero attached hydrogens (tertiary/aromatic N) is 3. The minimum Gasteiger partial charge on any atom is -0.396 e. The minimum atomic E-state index is -1.10. The van der Waals surface area contributed by atoms with Gasteiger partial charge in [0.25, 0.3) is 0 Å². The maximum atomic E-state index is 14.6. The molecule has 1 N–H and O–H groups in total. The summed E-state index contributed by atoms with van der Waals surface area (Å²) in [5.41, 5.74) is -1.51. The van der Waals surface area contributed by atoms with Gasteiger partial charge in [0.15, 0.2) is 0 Å². The number of ether oxygens (including phenoxy) is 1. The number of aliphatic hydroxyl groups is 1. The molecule has 3 aliphatic rings. The normalized spacial score (nSPS) is 29.9. The van der Waals surface area contributed by atoms with Gasteiger partial charge in [0, 0.05) is 38.3 Å². The van der Waals surface area contributed by atoms with Crippen molar-refractivity contribution >= 4 is 17.7 Å². The zero-order valence-corrected chi connectivity index (χ0v) is 26.1. The van der Waals surface area contributed by atoms with Crippen LogP contribution >= 0.6 is 0 Å². The number of likely N-dealkylation sites (tertiary alicyclic amines) is 1. The van der Waals surface area contributed by atoms with Gasteiger partial charge in [-0.1, -0.05) is 49.4 Å². The Labute approximate surface area is 251 Å². The van der Waals surface area contributed by atoms with Crippen molar-refractivity contribution in [1.82, 2.24) is 14.7 Å². The van der Waals surface area contributed by atoms with Crippen molar-refractivity contribution in [3.63, 3.8) is 0 Å². The summed E-state index contributed by atoms with van der Waals surface area (Å²) in [4.78, 5) is 48.8. The highest BCUT2D eigenvalue weighted by Gasteiger charge is 2.80. The number of carbonyl (C=O) groups is 3. The number of hydrogen-bond donors (Lipinski definition) is 1. The molecule has 3 aliphatic heterocycles. The highest BCUT2D eigenvalue weighted by atomic mass is 16.5. The summed E-state index contributed by atoms with van der Waals surface area (Å²) in [7, 11) is 0. The minimum absolute atomic E-state index is 0.0371. The molecule has 0 radical (unpaired) electrons. The smallest absolute Gasteiger partial charge is 0.249 e. The Morgan fingerprint density at radius 2 is 1.76 bits per heavy atom. The number of rotatable bonds is 13. The van der Waals surface area contributed by atoms with Crippen LogP contribution in [0.5, 0.6) is 0 Å². The maximum absolute atomic E-state index is 14.6.